The normalized spacial score (nSPS) is 10.4. The van der Waals surface area contributed by atoms with E-state index in [1.165, 1.54) is 24.3 Å². The number of methoxy groups -OCH3 is 1. The lowest BCUT2D eigenvalue weighted by Crippen LogP contribution is -2.17. The topological polar surface area (TPSA) is 93.8 Å². The lowest BCUT2D eigenvalue weighted by Gasteiger charge is -2.01. The lowest BCUT2D eigenvalue weighted by atomic mass is 10.1. The molecule has 1 heterocycles. The van der Waals surface area contributed by atoms with Gasteiger partial charge in [-0.05, 0) is 18.2 Å². The van der Waals surface area contributed by atoms with Crippen LogP contribution >= 0.6 is 0 Å². The zero-order valence-electron chi connectivity index (χ0n) is 10.0. The van der Waals surface area contributed by atoms with Crippen molar-refractivity contribution in [1.82, 2.24) is 0 Å². The summed E-state index contributed by atoms with van der Waals surface area (Å²) >= 11 is 0. The van der Waals surface area contributed by atoms with Gasteiger partial charge in [0.05, 0.1) is 7.11 Å². The second kappa shape index (κ2) is 4.93. The van der Waals surface area contributed by atoms with Crippen LogP contribution in [0.2, 0.25) is 0 Å². The molecule has 0 saturated carbocycles. The number of benzene rings is 1. The molecule has 0 spiro atoms. The molecule has 0 aliphatic heterocycles. The van der Waals surface area contributed by atoms with Crippen molar-refractivity contribution in [2.24, 2.45) is 0 Å². The SMILES string of the molecule is COC(=O)CC(=O)c1cc2ccc(O)cc2oc1=O. The molecular weight excluding hydrogens is 252 g/mol. The van der Waals surface area contributed by atoms with Crippen molar-refractivity contribution in [3.05, 3.63) is 40.2 Å². The maximum absolute atomic E-state index is 11.7. The molecule has 6 heteroatoms. The van der Waals surface area contributed by atoms with E-state index < -0.39 is 23.8 Å². The maximum atomic E-state index is 11.7. The molecule has 19 heavy (non-hydrogen) atoms. The van der Waals surface area contributed by atoms with Crippen LogP contribution in [0, 0.1) is 0 Å². The number of hydrogen-bond acceptors (Lipinski definition) is 6. The minimum Gasteiger partial charge on any atom is -0.508 e. The van der Waals surface area contributed by atoms with Gasteiger partial charge in [-0.15, -0.1) is 0 Å². The molecule has 0 aliphatic rings. The minimum atomic E-state index is -0.855. The Morgan fingerprint density at radius 3 is 2.74 bits per heavy atom. The van der Waals surface area contributed by atoms with Crippen molar-refractivity contribution in [1.29, 1.82) is 0 Å². The highest BCUT2D eigenvalue weighted by molar-refractivity contribution is 6.06. The Bertz CT molecular complexity index is 713. The van der Waals surface area contributed by atoms with Crippen molar-refractivity contribution in [2.45, 2.75) is 6.42 Å². The summed E-state index contributed by atoms with van der Waals surface area (Å²) in [6, 6.07) is 5.50. The highest BCUT2D eigenvalue weighted by Gasteiger charge is 2.17. The Morgan fingerprint density at radius 1 is 1.32 bits per heavy atom. The first-order valence-corrected chi connectivity index (χ1v) is 5.38. The predicted octanol–water partition coefficient (Wildman–Crippen LogP) is 1.24. The van der Waals surface area contributed by atoms with E-state index in [1.807, 2.05) is 0 Å². The van der Waals surface area contributed by atoms with Gasteiger partial charge in [0.15, 0.2) is 5.78 Å². The van der Waals surface area contributed by atoms with Crippen LogP contribution in [0.3, 0.4) is 0 Å². The number of carbonyl (C=O) groups excluding carboxylic acids is 2. The number of carbonyl (C=O) groups is 2. The molecule has 0 amide bonds. The van der Waals surface area contributed by atoms with Crippen LogP contribution < -0.4 is 5.63 Å². The highest BCUT2D eigenvalue weighted by atomic mass is 16.5. The maximum Gasteiger partial charge on any atom is 0.347 e. The van der Waals surface area contributed by atoms with Crippen LogP contribution in [-0.2, 0) is 9.53 Å². The molecule has 0 unspecified atom stereocenters. The third-order valence-corrected chi connectivity index (χ3v) is 2.55. The first kappa shape index (κ1) is 12.8. The van der Waals surface area contributed by atoms with Crippen LogP contribution in [0.1, 0.15) is 16.8 Å². The van der Waals surface area contributed by atoms with Gasteiger partial charge in [-0.25, -0.2) is 4.79 Å². The number of Topliss-reactive ketones (excluding diaryl/α,β-unsaturated/α-hetero) is 1. The number of hydrogen-bond donors (Lipinski definition) is 1. The van der Waals surface area contributed by atoms with Crippen molar-refractivity contribution in [3.63, 3.8) is 0 Å². The smallest absolute Gasteiger partial charge is 0.347 e. The Labute approximate surface area is 107 Å². The molecule has 1 N–H and O–H groups in total. The van der Waals surface area contributed by atoms with E-state index in [1.54, 1.807) is 0 Å². The van der Waals surface area contributed by atoms with Crippen molar-refractivity contribution >= 4 is 22.7 Å². The number of ketones is 1. The van der Waals surface area contributed by atoms with E-state index in [2.05, 4.69) is 4.74 Å². The van der Waals surface area contributed by atoms with E-state index in [-0.39, 0.29) is 16.9 Å². The van der Waals surface area contributed by atoms with Gasteiger partial charge in [0.25, 0.3) is 0 Å². The number of ether oxygens (including phenoxy) is 1. The first-order valence-electron chi connectivity index (χ1n) is 5.38. The fourth-order valence-electron chi connectivity index (χ4n) is 1.59. The van der Waals surface area contributed by atoms with Gasteiger partial charge < -0.3 is 14.3 Å². The monoisotopic (exact) mass is 262 g/mol. The van der Waals surface area contributed by atoms with Crippen LogP contribution in [0.4, 0.5) is 0 Å². The molecule has 1 aromatic heterocycles. The van der Waals surface area contributed by atoms with E-state index in [0.29, 0.717) is 5.39 Å². The number of phenols is 1. The van der Waals surface area contributed by atoms with Gasteiger partial charge in [0, 0.05) is 11.5 Å². The number of rotatable bonds is 3. The van der Waals surface area contributed by atoms with Crippen LogP contribution in [0.5, 0.6) is 5.75 Å². The van der Waals surface area contributed by atoms with Gasteiger partial charge in [-0.3, -0.25) is 9.59 Å². The van der Waals surface area contributed by atoms with Gasteiger partial charge in [0.2, 0.25) is 0 Å². The molecule has 0 aliphatic carbocycles. The number of fused-ring (bicyclic) bond motifs is 1. The molecule has 2 rings (SSSR count). The second-order valence-electron chi connectivity index (χ2n) is 3.85. The van der Waals surface area contributed by atoms with E-state index in [0.717, 1.165) is 7.11 Å². The summed E-state index contributed by atoms with van der Waals surface area (Å²) < 4.78 is 9.28. The summed E-state index contributed by atoms with van der Waals surface area (Å²) in [4.78, 5) is 34.4. The standard InChI is InChI=1S/C13H10O6/c1-18-12(16)6-10(15)9-4-7-2-3-8(14)5-11(7)19-13(9)17/h2-5,14H,6H2,1H3. The minimum absolute atomic E-state index is 0.0516. The molecule has 98 valence electrons. The average molecular weight is 262 g/mol. The quantitative estimate of drug-likeness (QED) is 0.387. The summed E-state index contributed by atoms with van der Waals surface area (Å²) in [5.74, 6) is -1.45. The molecule has 0 bridgehead atoms. The molecular formula is C13H10O6. The van der Waals surface area contributed by atoms with Crippen molar-refractivity contribution in [3.8, 4) is 5.75 Å². The molecule has 6 nitrogen and oxygen atoms in total. The summed E-state index contributed by atoms with van der Waals surface area (Å²) in [5.41, 5.74) is -0.907. The van der Waals surface area contributed by atoms with Crippen molar-refractivity contribution in [2.75, 3.05) is 7.11 Å². The van der Waals surface area contributed by atoms with Gasteiger partial charge >= 0.3 is 11.6 Å². The summed E-state index contributed by atoms with van der Waals surface area (Å²) in [5, 5.41) is 9.74. The Morgan fingerprint density at radius 2 is 2.05 bits per heavy atom. The summed E-state index contributed by atoms with van der Waals surface area (Å²) in [6.07, 6.45) is -0.523. The fourth-order valence-corrected chi connectivity index (χ4v) is 1.59. The molecule has 0 atom stereocenters. The summed E-state index contributed by atoms with van der Waals surface area (Å²) in [7, 11) is 1.15. The second-order valence-corrected chi connectivity index (χ2v) is 3.85. The van der Waals surface area contributed by atoms with Gasteiger partial charge in [-0.2, -0.15) is 0 Å². The number of aromatic hydroxyl groups is 1. The zero-order valence-corrected chi connectivity index (χ0v) is 10.0. The van der Waals surface area contributed by atoms with Crippen LogP contribution in [0.15, 0.2) is 33.5 Å². The number of esters is 1. The third-order valence-electron chi connectivity index (χ3n) is 2.55. The largest absolute Gasteiger partial charge is 0.508 e. The molecule has 2 aromatic rings. The zero-order chi connectivity index (χ0) is 14.0. The first-order chi connectivity index (χ1) is 9.01. The molecule has 0 radical (unpaired) electrons. The lowest BCUT2D eigenvalue weighted by molar-refractivity contribution is -0.139. The summed E-state index contributed by atoms with van der Waals surface area (Å²) in [6.45, 7) is 0. The van der Waals surface area contributed by atoms with E-state index >= 15 is 0 Å². The number of phenolic OH excluding ortho intramolecular Hbond substituents is 1. The Hall–Kier alpha value is -2.63. The van der Waals surface area contributed by atoms with Crippen LogP contribution in [-0.4, -0.2) is 24.0 Å². The average Bonchev–Trinajstić information content (AvgIpc) is 2.37. The van der Waals surface area contributed by atoms with Gasteiger partial charge in [0.1, 0.15) is 23.3 Å². The molecule has 0 saturated heterocycles. The Balaban J connectivity index is 2.47. The highest BCUT2D eigenvalue weighted by Crippen LogP contribution is 2.19. The van der Waals surface area contributed by atoms with E-state index in [9.17, 15) is 19.5 Å². The van der Waals surface area contributed by atoms with Crippen LogP contribution in [0.25, 0.3) is 11.0 Å². The molecule has 0 fully saturated rings. The Kier molecular flexibility index (Phi) is 3.33. The predicted molar refractivity (Wildman–Crippen MR) is 65.1 cm³/mol. The molecule has 1 aromatic carbocycles. The van der Waals surface area contributed by atoms with Gasteiger partial charge in [-0.1, -0.05) is 0 Å². The van der Waals surface area contributed by atoms with E-state index in [4.69, 9.17) is 4.42 Å². The third kappa shape index (κ3) is 2.62. The fraction of sp³-hybridized carbons (Fsp3) is 0.154. The van der Waals surface area contributed by atoms with Crippen molar-refractivity contribution < 1.29 is 23.8 Å².